The summed E-state index contributed by atoms with van der Waals surface area (Å²) < 4.78 is 14.2. The van der Waals surface area contributed by atoms with Gasteiger partial charge in [0.15, 0.2) is 5.82 Å². The quantitative estimate of drug-likeness (QED) is 0.124. The molecule has 2 heterocycles. The van der Waals surface area contributed by atoms with E-state index in [4.69, 9.17) is 9.47 Å². The molecule has 6 rings (SSSR count). The van der Waals surface area contributed by atoms with Crippen LogP contribution in [0.3, 0.4) is 0 Å². The minimum absolute atomic E-state index is 0.0266. The van der Waals surface area contributed by atoms with Crippen LogP contribution in [0.4, 0.5) is 0 Å². The number of phenolic OH excluding ortho intramolecular Hbond substituents is 2. The maximum Gasteiger partial charge on any atom is 0.289 e. The van der Waals surface area contributed by atoms with E-state index in [-0.39, 0.29) is 52.1 Å². The summed E-state index contributed by atoms with van der Waals surface area (Å²) in [6, 6.07) is 17.0. The number of nitrogens with zero attached hydrogens (tertiary/aromatic N) is 3. The second kappa shape index (κ2) is 14.3. The summed E-state index contributed by atoms with van der Waals surface area (Å²) in [6.45, 7) is 18.1. The zero-order chi connectivity index (χ0) is 37.5. The molecule has 11 heteroatoms. The molecular weight excluding hydrogens is 658 g/mol. The minimum atomic E-state index is -0.425. The van der Waals surface area contributed by atoms with E-state index in [1.165, 1.54) is 6.07 Å². The summed E-state index contributed by atoms with van der Waals surface area (Å²) in [5.41, 5.74) is 2.06. The monoisotopic (exact) mass is 709 g/mol. The van der Waals surface area contributed by atoms with Crippen molar-refractivity contribution in [2.75, 3.05) is 13.1 Å². The molecular formula is C41H51N5O6. The molecule has 1 aromatic heterocycles. The van der Waals surface area contributed by atoms with Crippen molar-refractivity contribution in [3.63, 3.8) is 0 Å². The van der Waals surface area contributed by atoms with Gasteiger partial charge in [0.05, 0.1) is 17.3 Å². The number of fused-ring (bicyclic) bond motifs is 2. The molecule has 52 heavy (non-hydrogen) atoms. The number of ether oxygens (including phenoxy) is 2. The molecule has 1 aliphatic carbocycles. The summed E-state index contributed by atoms with van der Waals surface area (Å²) in [4.78, 5) is 26.1. The summed E-state index contributed by atoms with van der Waals surface area (Å²) >= 11 is 0. The maximum atomic E-state index is 13.1. The highest BCUT2D eigenvalue weighted by atomic mass is 16.5. The van der Waals surface area contributed by atoms with Crippen molar-refractivity contribution in [2.45, 2.75) is 85.9 Å². The second-order valence-electron chi connectivity index (χ2n) is 15.6. The zero-order valence-corrected chi connectivity index (χ0v) is 31.4. The number of carbonyl (C=O) groups is 2. The number of carbonyl (C=O) groups excluding carboxylic acids is 2. The second-order valence-corrected chi connectivity index (χ2v) is 15.6. The van der Waals surface area contributed by atoms with Gasteiger partial charge >= 0.3 is 0 Å². The molecule has 3 aromatic carbocycles. The van der Waals surface area contributed by atoms with E-state index in [0.717, 1.165) is 12.8 Å². The third kappa shape index (κ3) is 6.98. The van der Waals surface area contributed by atoms with Crippen molar-refractivity contribution in [1.82, 2.24) is 25.4 Å². The average Bonchev–Trinajstić information content (AvgIpc) is 3.61. The zero-order valence-electron chi connectivity index (χ0n) is 31.4. The van der Waals surface area contributed by atoms with Crippen LogP contribution < -0.4 is 15.4 Å². The van der Waals surface area contributed by atoms with Gasteiger partial charge in [-0.25, -0.2) is 0 Å². The van der Waals surface area contributed by atoms with Crippen LogP contribution in [-0.4, -0.2) is 61.6 Å². The lowest BCUT2D eigenvalue weighted by molar-refractivity contribution is -0.0328. The Morgan fingerprint density at radius 2 is 1.60 bits per heavy atom. The molecule has 2 aliphatic rings. The third-order valence-corrected chi connectivity index (χ3v) is 11.2. The molecule has 1 unspecified atom stereocenters. The lowest BCUT2D eigenvalue weighted by Gasteiger charge is -2.48. The lowest BCUT2D eigenvalue weighted by Crippen LogP contribution is -2.47. The van der Waals surface area contributed by atoms with Gasteiger partial charge in [-0.3, -0.25) is 14.2 Å². The first kappa shape index (κ1) is 36.9. The fourth-order valence-electron chi connectivity index (χ4n) is 8.52. The number of hydrogen-bond donors (Lipinski definition) is 4. The topological polar surface area (TPSA) is 148 Å². The third-order valence-electron chi connectivity index (χ3n) is 11.2. The molecule has 2 bridgehead atoms. The first-order valence-electron chi connectivity index (χ1n) is 18.3. The Hall–Kier alpha value is -4.90. The van der Waals surface area contributed by atoms with E-state index in [1.807, 2.05) is 20.8 Å². The van der Waals surface area contributed by atoms with Gasteiger partial charge in [-0.1, -0.05) is 34.6 Å². The fourth-order valence-corrected chi connectivity index (χ4v) is 8.52. The molecule has 4 atom stereocenters. The first-order valence-corrected chi connectivity index (χ1v) is 18.3. The van der Waals surface area contributed by atoms with Crippen molar-refractivity contribution < 1.29 is 29.3 Å². The lowest BCUT2D eigenvalue weighted by atomic mass is 9.55. The van der Waals surface area contributed by atoms with Crippen LogP contribution in [0.1, 0.15) is 101 Å². The van der Waals surface area contributed by atoms with Crippen molar-refractivity contribution in [1.29, 1.82) is 0 Å². The molecule has 276 valence electrons. The molecule has 2 fully saturated rings. The van der Waals surface area contributed by atoms with Crippen LogP contribution in [0.5, 0.6) is 23.0 Å². The highest BCUT2D eigenvalue weighted by Crippen LogP contribution is 2.59. The summed E-state index contributed by atoms with van der Waals surface area (Å²) in [6.07, 6.45) is 2.17. The Morgan fingerprint density at radius 1 is 0.942 bits per heavy atom. The largest absolute Gasteiger partial charge is 0.508 e. The standard InChI is InChI=1S/C41H51N5O6/c1-9-42-39(50)37-45-44-36(31-21-30(23(2)3)32(47)22-33(31)48)46(37)26-12-16-28(17-13-26)51-27-14-10-25(11-15-27)38(49)43-19-18-29-34-20-24(4)40(5,6)35(29)41(7,8)52-34/h10-17,21-24,29,34-35,47-48H,9,18-20H2,1-8H3,(H,42,50)(H,43,49)/t24-,29+,34-,35?/m0/s1. The fraction of sp³-hybridized carbons (Fsp3) is 0.463. The predicted octanol–water partition coefficient (Wildman–Crippen LogP) is 7.61. The molecule has 1 saturated heterocycles. The minimum Gasteiger partial charge on any atom is -0.508 e. The summed E-state index contributed by atoms with van der Waals surface area (Å²) in [5.74, 6) is 2.02. The van der Waals surface area contributed by atoms with Crippen LogP contribution in [0, 0.1) is 23.2 Å². The number of rotatable bonds is 11. The van der Waals surface area contributed by atoms with Gasteiger partial charge in [-0.05, 0) is 123 Å². The number of aromatic hydroxyl groups is 2. The van der Waals surface area contributed by atoms with Crippen molar-refractivity contribution in [2.24, 2.45) is 23.2 Å². The number of aromatic nitrogens is 3. The molecule has 4 aromatic rings. The molecule has 1 aliphatic heterocycles. The Balaban J connectivity index is 1.13. The van der Waals surface area contributed by atoms with E-state index < -0.39 is 5.91 Å². The van der Waals surface area contributed by atoms with Crippen molar-refractivity contribution in [3.05, 3.63) is 77.6 Å². The average molecular weight is 710 g/mol. The number of hydrogen-bond acceptors (Lipinski definition) is 8. The van der Waals surface area contributed by atoms with Crippen LogP contribution in [-0.2, 0) is 4.74 Å². The van der Waals surface area contributed by atoms with E-state index in [0.29, 0.717) is 64.7 Å². The van der Waals surface area contributed by atoms with Crippen LogP contribution in [0.25, 0.3) is 17.1 Å². The number of benzene rings is 3. The predicted molar refractivity (Wildman–Crippen MR) is 199 cm³/mol. The van der Waals surface area contributed by atoms with E-state index in [9.17, 15) is 19.8 Å². The molecule has 2 amide bonds. The molecule has 1 saturated carbocycles. The number of nitrogens with one attached hydrogen (secondary N) is 2. The van der Waals surface area contributed by atoms with Gasteiger partial charge in [0.2, 0.25) is 5.82 Å². The van der Waals surface area contributed by atoms with Gasteiger partial charge in [-0.2, -0.15) is 0 Å². The SMILES string of the molecule is CCNC(=O)c1nnc(-c2cc(C(C)C)c(O)cc2O)n1-c1ccc(Oc2ccc(C(=O)NCC[C@H]3C4C(C)(C)O[C@H]3C[C@H](C)C4(C)C)cc2)cc1. The Morgan fingerprint density at radius 3 is 2.23 bits per heavy atom. The smallest absolute Gasteiger partial charge is 0.289 e. The number of phenols is 2. The van der Waals surface area contributed by atoms with E-state index in [1.54, 1.807) is 59.2 Å². The van der Waals surface area contributed by atoms with Gasteiger partial charge in [0, 0.05) is 30.4 Å². The maximum absolute atomic E-state index is 13.1. The van der Waals surface area contributed by atoms with E-state index >= 15 is 0 Å². The van der Waals surface area contributed by atoms with Gasteiger partial charge in [0.1, 0.15) is 23.0 Å². The Labute approximate surface area is 305 Å². The van der Waals surface area contributed by atoms with Gasteiger partial charge in [-0.15, -0.1) is 10.2 Å². The summed E-state index contributed by atoms with van der Waals surface area (Å²) in [5, 5.41) is 35.5. The highest BCUT2D eigenvalue weighted by Gasteiger charge is 2.60. The molecule has 0 radical (unpaired) electrons. The van der Waals surface area contributed by atoms with Crippen molar-refractivity contribution >= 4 is 11.8 Å². The van der Waals surface area contributed by atoms with Crippen LogP contribution in [0.2, 0.25) is 0 Å². The van der Waals surface area contributed by atoms with Crippen LogP contribution >= 0.6 is 0 Å². The van der Waals surface area contributed by atoms with E-state index in [2.05, 4.69) is 55.4 Å². The molecule has 4 N–H and O–H groups in total. The number of amides is 2. The first-order chi connectivity index (χ1) is 24.6. The van der Waals surface area contributed by atoms with Gasteiger partial charge in [0.25, 0.3) is 11.8 Å². The summed E-state index contributed by atoms with van der Waals surface area (Å²) in [7, 11) is 0. The van der Waals surface area contributed by atoms with Crippen molar-refractivity contribution in [3.8, 4) is 40.1 Å². The molecule has 11 nitrogen and oxygen atoms in total. The Bertz CT molecular complexity index is 1930. The van der Waals surface area contributed by atoms with Crippen LogP contribution in [0.15, 0.2) is 60.7 Å². The molecule has 0 spiro atoms. The normalized spacial score (nSPS) is 21.6. The Kier molecular flexibility index (Phi) is 10.1. The highest BCUT2D eigenvalue weighted by molar-refractivity contribution is 5.94. The van der Waals surface area contributed by atoms with Gasteiger partial charge < -0.3 is 30.3 Å².